The van der Waals surface area contributed by atoms with Crippen LogP contribution >= 0.6 is 0 Å². The van der Waals surface area contributed by atoms with Crippen molar-refractivity contribution in [2.24, 2.45) is 0 Å². The van der Waals surface area contributed by atoms with E-state index in [-0.39, 0.29) is 25.5 Å². The minimum Gasteiger partial charge on any atom is -0.493 e. The molecule has 0 aromatic heterocycles. The number of ether oxygens (including phenoxy) is 2. The molecule has 0 fully saturated rings. The molecule has 0 unspecified atom stereocenters. The Morgan fingerprint density at radius 2 is 1.87 bits per heavy atom. The largest absolute Gasteiger partial charge is 0.493 e. The molecule has 0 heterocycles. The Kier molecular flexibility index (Phi) is 5.91. The first-order valence-corrected chi connectivity index (χ1v) is 7.06. The summed E-state index contributed by atoms with van der Waals surface area (Å²) in [5, 5.41) is 2.62. The number of amides is 1. The van der Waals surface area contributed by atoms with E-state index >= 15 is 0 Å². The van der Waals surface area contributed by atoms with E-state index in [4.69, 9.17) is 9.47 Å². The van der Waals surface area contributed by atoms with E-state index in [0.717, 1.165) is 6.07 Å². The lowest BCUT2D eigenvalue weighted by Gasteiger charge is -2.10. The molecule has 0 radical (unpaired) electrons. The maximum absolute atomic E-state index is 13.4. The zero-order valence-corrected chi connectivity index (χ0v) is 12.6. The number of benzene rings is 2. The average Bonchev–Trinajstić information content (AvgIpc) is 2.55. The van der Waals surface area contributed by atoms with Gasteiger partial charge in [0.15, 0.2) is 18.1 Å². The molecule has 1 amide bonds. The van der Waals surface area contributed by atoms with E-state index < -0.39 is 11.6 Å². The van der Waals surface area contributed by atoms with Gasteiger partial charge in [0.25, 0.3) is 5.91 Å². The number of hydrogen-bond acceptors (Lipinski definition) is 3. The standard InChI is InChI=1S/C17H17F2NO3/c1-22-15-4-2-3-5-16(15)23-11-17(21)20-9-8-12-6-7-13(18)10-14(12)19/h2-7,10H,8-9,11H2,1H3,(H,20,21). The Hall–Kier alpha value is -2.63. The molecule has 2 rings (SSSR count). The van der Waals surface area contributed by atoms with Crippen LogP contribution in [0.2, 0.25) is 0 Å². The van der Waals surface area contributed by atoms with Crippen molar-refractivity contribution in [3.8, 4) is 11.5 Å². The summed E-state index contributed by atoms with van der Waals surface area (Å²) in [6.45, 7) is 0.0585. The minimum atomic E-state index is -0.625. The van der Waals surface area contributed by atoms with Gasteiger partial charge in [-0.05, 0) is 30.2 Å². The highest BCUT2D eigenvalue weighted by molar-refractivity contribution is 5.77. The van der Waals surface area contributed by atoms with Crippen molar-refractivity contribution in [3.05, 3.63) is 59.7 Å². The molecule has 0 spiro atoms. The number of carbonyl (C=O) groups is 1. The number of nitrogens with one attached hydrogen (secondary N) is 1. The van der Waals surface area contributed by atoms with E-state index in [2.05, 4.69) is 5.32 Å². The molecule has 0 atom stereocenters. The SMILES string of the molecule is COc1ccccc1OCC(=O)NCCc1ccc(F)cc1F. The van der Waals surface area contributed by atoms with E-state index in [9.17, 15) is 13.6 Å². The summed E-state index contributed by atoms with van der Waals surface area (Å²) in [4.78, 5) is 11.7. The van der Waals surface area contributed by atoms with Crippen LogP contribution in [0.5, 0.6) is 11.5 Å². The van der Waals surface area contributed by atoms with Crippen LogP contribution in [0.3, 0.4) is 0 Å². The summed E-state index contributed by atoms with van der Waals surface area (Å²) >= 11 is 0. The first-order chi connectivity index (χ1) is 11.1. The molecule has 122 valence electrons. The second kappa shape index (κ2) is 8.12. The van der Waals surface area contributed by atoms with Gasteiger partial charge in [0, 0.05) is 12.6 Å². The lowest BCUT2D eigenvalue weighted by Crippen LogP contribution is -2.30. The van der Waals surface area contributed by atoms with Gasteiger partial charge in [-0.2, -0.15) is 0 Å². The van der Waals surface area contributed by atoms with Gasteiger partial charge in [-0.3, -0.25) is 4.79 Å². The molecule has 6 heteroatoms. The number of carbonyl (C=O) groups excluding carboxylic acids is 1. The summed E-state index contributed by atoms with van der Waals surface area (Å²) in [5.74, 6) is -0.577. The maximum atomic E-state index is 13.4. The monoisotopic (exact) mass is 321 g/mol. The highest BCUT2D eigenvalue weighted by Crippen LogP contribution is 2.25. The topological polar surface area (TPSA) is 47.6 Å². The molecular weight excluding hydrogens is 304 g/mol. The van der Waals surface area contributed by atoms with Gasteiger partial charge in [0.05, 0.1) is 7.11 Å². The fraction of sp³-hybridized carbons (Fsp3) is 0.235. The van der Waals surface area contributed by atoms with Crippen LogP contribution in [0.15, 0.2) is 42.5 Å². The zero-order valence-electron chi connectivity index (χ0n) is 12.6. The Morgan fingerprint density at radius 1 is 1.13 bits per heavy atom. The van der Waals surface area contributed by atoms with Crippen LogP contribution in [0.25, 0.3) is 0 Å². The normalized spacial score (nSPS) is 10.2. The van der Waals surface area contributed by atoms with Crippen LogP contribution in [-0.2, 0) is 11.2 Å². The predicted octanol–water partition coefficient (Wildman–Crippen LogP) is 2.71. The Bertz CT molecular complexity index is 677. The second-order valence-corrected chi connectivity index (χ2v) is 4.78. The van der Waals surface area contributed by atoms with Gasteiger partial charge in [0.1, 0.15) is 11.6 Å². The van der Waals surface area contributed by atoms with Crippen LogP contribution in [0, 0.1) is 11.6 Å². The van der Waals surface area contributed by atoms with Gasteiger partial charge < -0.3 is 14.8 Å². The molecule has 0 saturated carbocycles. The lowest BCUT2D eigenvalue weighted by molar-refractivity contribution is -0.123. The zero-order chi connectivity index (χ0) is 16.7. The molecule has 0 aliphatic rings. The average molecular weight is 321 g/mol. The fourth-order valence-electron chi connectivity index (χ4n) is 1.99. The lowest BCUT2D eigenvalue weighted by atomic mass is 10.1. The first kappa shape index (κ1) is 16.7. The van der Waals surface area contributed by atoms with Gasteiger partial charge in [0.2, 0.25) is 0 Å². The van der Waals surface area contributed by atoms with Crippen LogP contribution in [0.1, 0.15) is 5.56 Å². The van der Waals surface area contributed by atoms with Crippen molar-refractivity contribution in [1.29, 1.82) is 0 Å². The summed E-state index contributed by atoms with van der Waals surface area (Å²) < 4.78 is 36.7. The minimum absolute atomic E-state index is 0.174. The summed E-state index contributed by atoms with van der Waals surface area (Å²) in [6.07, 6.45) is 0.270. The third-order valence-electron chi connectivity index (χ3n) is 3.16. The van der Waals surface area contributed by atoms with Crippen LogP contribution in [0.4, 0.5) is 8.78 Å². The molecule has 2 aromatic carbocycles. The van der Waals surface area contributed by atoms with Crippen molar-refractivity contribution in [3.63, 3.8) is 0 Å². The number of para-hydroxylation sites is 2. The van der Waals surface area contributed by atoms with Crippen LogP contribution < -0.4 is 14.8 Å². The second-order valence-electron chi connectivity index (χ2n) is 4.78. The Morgan fingerprint density at radius 3 is 2.57 bits per heavy atom. The summed E-state index contributed by atoms with van der Waals surface area (Å²) in [6, 6.07) is 10.4. The molecule has 0 aliphatic heterocycles. The quantitative estimate of drug-likeness (QED) is 0.853. The molecule has 2 aromatic rings. The third kappa shape index (κ3) is 4.95. The Balaban J connectivity index is 1.77. The molecule has 0 aliphatic carbocycles. The van der Waals surface area contributed by atoms with Crippen molar-refractivity contribution in [2.75, 3.05) is 20.3 Å². The van der Waals surface area contributed by atoms with Crippen LogP contribution in [-0.4, -0.2) is 26.2 Å². The van der Waals surface area contributed by atoms with E-state index in [1.807, 2.05) is 0 Å². The van der Waals surface area contributed by atoms with Gasteiger partial charge >= 0.3 is 0 Å². The molecule has 0 saturated heterocycles. The van der Waals surface area contributed by atoms with Crippen molar-refractivity contribution in [2.45, 2.75) is 6.42 Å². The van der Waals surface area contributed by atoms with Crippen molar-refractivity contribution >= 4 is 5.91 Å². The van der Waals surface area contributed by atoms with Crippen molar-refractivity contribution in [1.82, 2.24) is 5.32 Å². The number of methoxy groups -OCH3 is 1. The molecule has 23 heavy (non-hydrogen) atoms. The highest BCUT2D eigenvalue weighted by atomic mass is 19.1. The van der Waals surface area contributed by atoms with E-state index in [0.29, 0.717) is 17.1 Å². The first-order valence-electron chi connectivity index (χ1n) is 7.06. The van der Waals surface area contributed by atoms with Gasteiger partial charge in [-0.15, -0.1) is 0 Å². The predicted molar refractivity (Wildman–Crippen MR) is 81.6 cm³/mol. The fourth-order valence-corrected chi connectivity index (χ4v) is 1.99. The third-order valence-corrected chi connectivity index (χ3v) is 3.16. The number of rotatable bonds is 7. The number of hydrogen-bond donors (Lipinski definition) is 1. The van der Waals surface area contributed by atoms with E-state index in [1.165, 1.54) is 19.2 Å². The molecule has 1 N–H and O–H groups in total. The number of halogens is 2. The molecule has 4 nitrogen and oxygen atoms in total. The summed E-state index contributed by atoms with van der Waals surface area (Å²) in [5.41, 5.74) is 0.345. The Labute approximate surface area is 133 Å². The maximum Gasteiger partial charge on any atom is 0.257 e. The van der Waals surface area contributed by atoms with Gasteiger partial charge in [-0.1, -0.05) is 18.2 Å². The van der Waals surface area contributed by atoms with Crippen molar-refractivity contribution < 1.29 is 23.0 Å². The smallest absolute Gasteiger partial charge is 0.257 e. The molecule has 0 bridgehead atoms. The van der Waals surface area contributed by atoms with Gasteiger partial charge in [-0.25, -0.2) is 8.78 Å². The molecular formula is C17H17F2NO3. The highest BCUT2D eigenvalue weighted by Gasteiger charge is 2.08. The summed E-state index contributed by atoms with van der Waals surface area (Å²) in [7, 11) is 1.51. The van der Waals surface area contributed by atoms with E-state index in [1.54, 1.807) is 24.3 Å².